The van der Waals surface area contributed by atoms with E-state index in [1.807, 2.05) is 43.3 Å². The summed E-state index contributed by atoms with van der Waals surface area (Å²) in [7, 11) is 0. The summed E-state index contributed by atoms with van der Waals surface area (Å²) in [6, 6.07) is 27.6. The summed E-state index contributed by atoms with van der Waals surface area (Å²) >= 11 is 0. The van der Waals surface area contributed by atoms with Crippen molar-refractivity contribution in [3.8, 4) is 0 Å². The molecule has 1 aliphatic carbocycles. The third kappa shape index (κ3) is 4.93. The summed E-state index contributed by atoms with van der Waals surface area (Å²) < 4.78 is 0. The highest BCUT2D eigenvalue weighted by Gasteiger charge is 2.56. The van der Waals surface area contributed by atoms with Crippen molar-refractivity contribution >= 4 is 46.0 Å². The molecule has 0 N–H and O–H groups in total. The van der Waals surface area contributed by atoms with E-state index in [-0.39, 0.29) is 24.4 Å². The van der Waals surface area contributed by atoms with Gasteiger partial charge in [-0.1, -0.05) is 101 Å². The Hall–Kier alpha value is -5.44. The number of carbonyl (C=O) groups is 3. The summed E-state index contributed by atoms with van der Waals surface area (Å²) in [5, 5.41) is 18.1. The van der Waals surface area contributed by atoms with E-state index in [2.05, 4.69) is 71.9 Å². The van der Waals surface area contributed by atoms with Gasteiger partial charge in [-0.25, -0.2) is 9.91 Å². The zero-order valence-corrected chi connectivity index (χ0v) is 26.3. The second-order valence-electron chi connectivity index (χ2n) is 12.9. The molecule has 8 rings (SSSR count). The van der Waals surface area contributed by atoms with Gasteiger partial charge in [-0.2, -0.15) is 10.2 Å². The van der Waals surface area contributed by atoms with Gasteiger partial charge in [-0.15, -0.1) is 0 Å². The average molecular weight is 623 g/mol. The van der Waals surface area contributed by atoms with Crippen LogP contribution in [0.2, 0.25) is 0 Å². The highest BCUT2D eigenvalue weighted by molar-refractivity contribution is 6.27. The molecular weight excluding hydrogens is 588 g/mol. The molecule has 3 amide bonds. The first-order chi connectivity index (χ1) is 22.9. The number of anilines is 1. The number of allylic oxidation sites excluding steroid dienone is 1. The molecule has 0 bridgehead atoms. The van der Waals surface area contributed by atoms with Crippen molar-refractivity contribution in [1.29, 1.82) is 0 Å². The van der Waals surface area contributed by atoms with Gasteiger partial charge in [-0.05, 0) is 67.3 Å². The number of hydrogen-bond donors (Lipinski definition) is 0. The molecule has 0 radical (unpaired) electrons. The number of amides is 3. The summed E-state index contributed by atoms with van der Waals surface area (Å²) in [4.78, 5) is 42.9. The van der Waals surface area contributed by atoms with Crippen LogP contribution in [0.25, 0.3) is 16.8 Å². The fraction of sp³-hybridized carbons (Fsp3) is 0.263. The Balaban J connectivity index is 1.10. The standard InChI is InChI=1S/C38H34N6O3/c1-23-13-17-25(18-14-23)21-28-9-5-11-30-33(28)40-44(35(30)27-19-15-24(2)16-20-27)32(45)22-42-36-34(39-41-42)37(46)43(38(36)47)31-12-6-8-26-7-3-4-10-29(26)31/h3-4,6-8,10,12-21,30,34-36H,5,9,11,22H2,1-2H3/b28-21+/t30-,34+,35+,36-/m1/s1. The SMILES string of the molecule is Cc1ccc(/C=C2\CCC[C@@H]3C2=NN(C(=O)CN2N=N[C@@H]4C(=O)N(c5cccc6ccccc56)C(=O)[C@@H]42)[C@H]3c2ccc(C)cc2)cc1. The summed E-state index contributed by atoms with van der Waals surface area (Å²) in [6.45, 7) is 3.89. The average Bonchev–Trinajstić information content (AvgIpc) is 3.75. The van der Waals surface area contributed by atoms with Gasteiger partial charge in [0.05, 0.1) is 17.4 Å². The van der Waals surface area contributed by atoms with Gasteiger partial charge >= 0.3 is 0 Å². The van der Waals surface area contributed by atoms with Crippen molar-refractivity contribution < 1.29 is 14.4 Å². The molecule has 3 aliphatic heterocycles. The third-order valence-electron chi connectivity index (χ3n) is 9.76. The monoisotopic (exact) mass is 622 g/mol. The fourth-order valence-electron chi connectivity index (χ4n) is 7.37. The number of nitrogens with zero attached hydrogens (tertiary/aromatic N) is 6. The first-order valence-electron chi connectivity index (χ1n) is 16.1. The van der Waals surface area contributed by atoms with Crippen molar-refractivity contribution in [3.05, 3.63) is 119 Å². The normalized spacial score (nSPS) is 24.3. The maximum Gasteiger partial charge on any atom is 0.264 e. The second kappa shape index (κ2) is 11.4. The van der Waals surface area contributed by atoms with Crippen molar-refractivity contribution in [2.24, 2.45) is 21.4 Å². The van der Waals surface area contributed by atoms with Crippen LogP contribution in [0.5, 0.6) is 0 Å². The Morgan fingerprint density at radius 2 is 1.57 bits per heavy atom. The second-order valence-corrected chi connectivity index (χ2v) is 12.9. The molecule has 9 nitrogen and oxygen atoms in total. The van der Waals surface area contributed by atoms with Crippen LogP contribution in [0.1, 0.15) is 47.6 Å². The number of hydrogen-bond acceptors (Lipinski definition) is 7. The van der Waals surface area contributed by atoms with Crippen LogP contribution in [0.4, 0.5) is 5.69 Å². The zero-order chi connectivity index (χ0) is 32.2. The highest BCUT2D eigenvalue weighted by atomic mass is 16.2. The minimum absolute atomic E-state index is 0.0385. The molecule has 4 aromatic carbocycles. The molecule has 234 valence electrons. The topological polar surface area (TPSA) is 98.0 Å². The van der Waals surface area contributed by atoms with Crippen molar-refractivity contribution in [3.63, 3.8) is 0 Å². The van der Waals surface area contributed by atoms with Crippen LogP contribution in [0.15, 0.2) is 112 Å². The minimum Gasteiger partial charge on any atom is -0.271 e. The number of rotatable bonds is 5. The molecular formula is C38H34N6O3. The molecule has 3 heterocycles. The van der Waals surface area contributed by atoms with E-state index in [1.54, 1.807) is 11.1 Å². The summed E-state index contributed by atoms with van der Waals surface area (Å²) in [6.07, 6.45) is 4.98. The van der Waals surface area contributed by atoms with Gasteiger partial charge in [0.15, 0.2) is 12.1 Å². The molecule has 0 unspecified atom stereocenters. The lowest BCUT2D eigenvalue weighted by Crippen LogP contribution is -2.45. The number of imide groups is 1. The molecule has 0 spiro atoms. The maximum absolute atomic E-state index is 14.2. The van der Waals surface area contributed by atoms with Crippen molar-refractivity contribution in [2.45, 2.75) is 51.2 Å². The van der Waals surface area contributed by atoms with Gasteiger partial charge < -0.3 is 0 Å². The van der Waals surface area contributed by atoms with Crippen molar-refractivity contribution in [2.75, 3.05) is 11.4 Å². The molecule has 47 heavy (non-hydrogen) atoms. The number of aryl methyl sites for hydroxylation is 2. The first-order valence-corrected chi connectivity index (χ1v) is 16.1. The van der Waals surface area contributed by atoms with Gasteiger partial charge in [0, 0.05) is 11.3 Å². The Morgan fingerprint density at radius 1 is 0.851 bits per heavy atom. The van der Waals surface area contributed by atoms with E-state index in [0.29, 0.717) is 5.69 Å². The Bertz CT molecular complexity index is 2010. The lowest BCUT2D eigenvalue weighted by molar-refractivity contribution is -0.136. The molecule has 9 heteroatoms. The molecule has 4 aromatic rings. The zero-order valence-electron chi connectivity index (χ0n) is 26.3. The molecule has 1 saturated carbocycles. The van der Waals surface area contributed by atoms with Gasteiger partial charge in [0.1, 0.15) is 6.54 Å². The van der Waals surface area contributed by atoms with Crippen LogP contribution >= 0.6 is 0 Å². The van der Waals surface area contributed by atoms with E-state index in [1.165, 1.54) is 15.5 Å². The predicted octanol–water partition coefficient (Wildman–Crippen LogP) is 6.57. The van der Waals surface area contributed by atoms with Crippen molar-refractivity contribution in [1.82, 2.24) is 10.0 Å². The molecule has 0 aromatic heterocycles. The van der Waals surface area contributed by atoms with Crippen LogP contribution in [0, 0.1) is 19.8 Å². The van der Waals surface area contributed by atoms with E-state index >= 15 is 0 Å². The summed E-state index contributed by atoms with van der Waals surface area (Å²) in [5.74, 6) is -1.13. The van der Waals surface area contributed by atoms with Gasteiger partial charge in [-0.3, -0.25) is 19.4 Å². The Kier molecular flexibility index (Phi) is 7.04. The molecule has 1 saturated heterocycles. The lowest BCUT2D eigenvalue weighted by Gasteiger charge is -2.30. The molecule has 4 atom stereocenters. The minimum atomic E-state index is -1.00. The van der Waals surface area contributed by atoms with Crippen LogP contribution in [-0.2, 0) is 14.4 Å². The van der Waals surface area contributed by atoms with Gasteiger partial charge in [0.25, 0.3) is 17.7 Å². The smallest absolute Gasteiger partial charge is 0.264 e. The summed E-state index contributed by atoms with van der Waals surface area (Å²) in [5.41, 5.74) is 7.04. The van der Waals surface area contributed by atoms with E-state index in [9.17, 15) is 14.4 Å². The third-order valence-corrected chi connectivity index (χ3v) is 9.76. The van der Waals surface area contributed by atoms with E-state index < -0.39 is 23.9 Å². The fourth-order valence-corrected chi connectivity index (χ4v) is 7.37. The number of hydrazone groups is 1. The quantitative estimate of drug-likeness (QED) is 0.235. The first kappa shape index (κ1) is 29.0. The largest absolute Gasteiger partial charge is 0.271 e. The van der Waals surface area contributed by atoms with Crippen LogP contribution < -0.4 is 4.90 Å². The van der Waals surface area contributed by atoms with Crippen LogP contribution in [0.3, 0.4) is 0 Å². The maximum atomic E-state index is 14.2. The molecule has 4 aliphatic rings. The van der Waals surface area contributed by atoms with E-state index in [4.69, 9.17) is 5.10 Å². The number of carbonyl (C=O) groups excluding carboxylic acids is 3. The number of fused-ring (bicyclic) bond motifs is 3. The Morgan fingerprint density at radius 3 is 2.36 bits per heavy atom. The predicted molar refractivity (Wildman–Crippen MR) is 180 cm³/mol. The molecule has 2 fully saturated rings. The van der Waals surface area contributed by atoms with Crippen LogP contribution in [-0.4, -0.2) is 52.1 Å². The highest BCUT2D eigenvalue weighted by Crippen LogP contribution is 2.45. The van der Waals surface area contributed by atoms with Gasteiger partial charge in [0.2, 0.25) is 0 Å². The lowest BCUT2D eigenvalue weighted by atomic mass is 9.77. The Labute approximate surface area is 272 Å². The number of benzene rings is 4. The van der Waals surface area contributed by atoms with E-state index in [0.717, 1.165) is 58.0 Å².